The largest absolute Gasteiger partial charge is 0.382 e. The van der Waals surface area contributed by atoms with Crippen LogP contribution in [0.5, 0.6) is 0 Å². The first-order chi connectivity index (χ1) is 8.27. The van der Waals surface area contributed by atoms with Crippen LogP contribution in [0.4, 0.5) is 5.95 Å². The normalized spacial score (nSPS) is 12.6. The summed E-state index contributed by atoms with van der Waals surface area (Å²) < 4.78 is 12.6. The third kappa shape index (κ3) is 5.19. The summed E-state index contributed by atoms with van der Waals surface area (Å²) in [6, 6.07) is 0. The average molecular weight is 241 g/mol. The molecule has 1 aromatic rings. The molecule has 0 aromatic carbocycles. The second-order valence-corrected chi connectivity index (χ2v) is 3.92. The van der Waals surface area contributed by atoms with Crippen molar-refractivity contribution in [2.45, 2.75) is 32.9 Å². The molecule has 1 atom stereocenters. The van der Waals surface area contributed by atoms with Gasteiger partial charge in [-0.1, -0.05) is 0 Å². The lowest BCUT2D eigenvalue weighted by Gasteiger charge is -2.13. The molecule has 1 aromatic heterocycles. The molecular weight excluding hydrogens is 218 g/mol. The van der Waals surface area contributed by atoms with Crippen molar-refractivity contribution in [2.75, 3.05) is 32.2 Å². The molecule has 0 aliphatic carbocycles. The van der Waals surface area contributed by atoms with Gasteiger partial charge in [-0.15, -0.1) is 0 Å². The molecule has 0 amide bonds. The first-order valence-electron chi connectivity index (χ1n) is 6.13. The van der Waals surface area contributed by atoms with Gasteiger partial charge in [0.2, 0.25) is 5.95 Å². The third-order valence-electron chi connectivity index (χ3n) is 2.56. The van der Waals surface area contributed by atoms with Gasteiger partial charge in [-0.2, -0.15) is 0 Å². The van der Waals surface area contributed by atoms with Gasteiger partial charge in [0.1, 0.15) is 0 Å². The lowest BCUT2D eigenvalue weighted by molar-refractivity contribution is 0.128. The van der Waals surface area contributed by atoms with Crippen molar-refractivity contribution in [1.29, 1.82) is 0 Å². The van der Waals surface area contributed by atoms with Crippen LogP contribution in [0.1, 0.15) is 20.3 Å². The lowest BCUT2D eigenvalue weighted by Crippen LogP contribution is -2.20. The van der Waals surface area contributed by atoms with Crippen molar-refractivity contribution in [2.24, 2.45) is 0 Å². The summed E-state index contributed by atoms with van der Waals surface area (Å²) in [5.74, 6) is 0.894. The van der Waals surface area contributed by atoms with Crippen LogP contribution in [0.3, 0.4) is 0 Å². The zero-order chi connectivity index (χ0) is 12.5. The van der Waals surface area contributed by atoms with E-state index in [1.54, 1.807) is 13.3 Å². The molecule has 5 heteroatoms. The van der Waals surface area contributed by atoms with Crippen LogP contribution < -0.4 is 5.32 Å². The number of nitrogens with one attached hydrogen (secondary N) is 1. The van der Waals surface area contributed by atoms with Gasteiger partial charge in [-0.3, -0.25) is 0 Å². The Hall–Kier alpha value is -1.07. The zero-order valence-corrected chi connectivity index (χ0v) is 11.0. The Morgan fingerprint density at radius 1 is 1.53 bits per heavy atom. The molecule has 1 heterocycles. The van der Waals surface area contributed by atoms with Gasteiger partial charge in [0.15, 0.2) is 0 Å². The zero-order valence-electron chi connectivity index (χ0n) is 11.0. The van der Waals surface area contributed by atoms with Crippen LogP contribution in [0.2, 0.25) is 0 Å². The monoisotopic (exact) mass is 241 g/mol. The summed E-state index contributed by atoms with van der Waals surface area (Å²) in [6.07, 6.45) is 4.97. The molecule has 5 nitrogen and oxygen atoms in total. The van der Waals surface area contributed by atoms with E-state index in [0.29, 0.717) is 0 Å². The van der Waals surface area contributed by atoms with E-state index < -0.39 is 0 Å². The average Bonchev–Trinajstić information content (AvgIpc) is 2.79. The highest BCUT2D eigenvalue weighted by molar-refractivity contribution is 5.25. The van der Waals surface area contributed by atoms with Crippen molar-refractivity contribution in [3.8, 4) is 0 Å². The van der Waals surface area contributed by atoms with E-state index in [-0.39, 0.29) is 6.10 Å². The standard InChI is InChI=1S/C12H23N3O2/c1-4-17-9-5-7-15-8-6-13-12(15)14-10-11(2)16-3/h6,8,11H,4-5,7,9-10H2,1-3H3,(H,13,14). The van der Waals surface area contributed by atoms with E-state index in [9.17, 15) is 0 Å². The van der Waals surface area contributed by atoms with E-state index >= 15 is 0 Å². The van der Waals surface area contributed by atoms with Crippen molar-refractivity contribution in [1.82, 2.24) is 9.55 Å². The van der Waals surface area contributed by atoms with E-state index in [0.717, 1.165) is 38.7 Å². The Kier molecular flexibility index (Phi) is 6.65. The number of imidazole rings is 1. The fourth-order valence-corrected chi connectivity index (χ4v) is 1.46. The van der Waals surface area contributed by atoms with Gasteiger partial charge in [-0.25, -0.2) is 4.98 Å². The van der Waals surface area contributed by atoms with Gasteiger partial charge >= 0.3 is 0 Å². The predicted octanol–water partition coefficient (Wildman–Crippen LogP) is 1.76. The summed E-state index contributed by atoms with van der Waals surface area (Å²) in [4.78, 5) is 4.28. The number of anilines is 1. The summed E-state index contributed by atoms with van der Waals surface area (Å²) in [5.41, 5.74) is 0. The van der Waals surface area contributed by atoms with E-state index in [2.05, 4.69) is 14.9 Å². The Morgan fingerprint density at radius 3 is 3.06 bits per heavy atom. The van der Waals surface area contributed by atoms with Gasteiger partial charge in [0.05, 0.1) is 6.10 Å². The van der Waals surface area contributed by atoms with Gasteiger partial charge in [0.25, 0.3) is 0 Å². The van der Waals surface area contributed by atoms with Crippen LogP contribution in [-0.4, -0.2) is 42.5 Å². The van der Waals surface area contributed by atoms with Crippen molar-refractivity contribution in [3.05, 3.63) is 12.4 Å². The number of methoxy groups -OCH3 is 1. The number of ether oxygens (including phenoxy) is 2. The molecule has 98 valence electrons. The Balaban J connectivity index is 2.32. The number of hydrogen-bond donors (Lipinski definition) is 1. The maximum atomic E-state index is 5.31. The molecule has 1 N–H and O–H groups in total. The summed E-state index contributed by atoms with van der Waals surface area (Å²) in [5, 5.41) is 3.27. The fourth-order valence-electron chi connectivity index (χ4n) is 1.46. The van der Waals surface area contributed by atoms with Gasteiger partial charge < -0.3 is 19.4 Å². The molecule has 1 rings (SSSR count). The van der Waals surface area contributed by atoms with Crippen LogP contribution in [0, 0.1) is 0 Å². The highest BCUT2D eigenvalue weighted by atomic mass is 16.5. The maximum absolute atomic E-state index is 5.31. The number of aryl methyl sites for hydroxylation is 1. The second kappa shape index (κ2) is 8.08. The minimum atomic E-state index is 0.184. The van der Waals surface area contributed by atoms with Crippen LogP contribution >= 0.6 is 0 Å². The molecule has 1 unspecified atom stereocenters. The molecule has 0 radical (unpaired) electrons. The Morgan fingerprint density at radius 2 is 2.35 bits per heavy atom. The number of nitrogens with zero attached hydrogens (tertiary/aromatic N) is 2. The first kappa shape index (κ1) is 14.0. The number of aromatic nitrogens is 2. The SMILES string of the molecule is CCOCCCn1ccnc1NCC(C)OC. The molecule has 17 heavy (non-hydrogen) atoms. The van der Waals surface area contributed by atoms with Crippen molar-refractivity contribution in [3.63, 3.8) is 0 Å². The quantitative estimate of drug-likeness (QED) is 0.669. The molecule has 0 saturated carbocycles. The molecule has 0 saturated heterocycles. The van der Waals surface area contributed by atoms with Crippen LogP contribution in [0.15, 0.2) is 12.4 Å². The summed E-state index contributed by atoms with van der Waals surface area (Å²) in [7, 11) is 1.71. The number of rotatable bonds is 9. The molecular formula is C12H23N3O2. The minimum Gasteiger partial charge on any atom is -0.382 e. The molecule has 0 aliphatic rings. The topological polar surface area (TPSA) is 48.3 Å². The Bertz CT molecular complexity index is 302. The van der Waals surface area contributed by atoms with Crippen LogP contribution in [0.25, 0.3) is 0 Å². The van der Waals surface area contributed by atoms with Gasteiger partial charge in [-0.05, 0) is 20.3 Å². The predicted molar refractivity (Wildman–Crippen MR) is 68.3 cm³/mol. The van der Waals surface area contributed by atoms with Crippen LogP contribution in [-0.2, 0) is 16.0 Å². The molecule has 0 fully saturated rings. The summed E-state index contributed by atoms with van der Waals surface area (Å²) >= 11 is 0. The highest BCUT2D eigenvalue weighted by Gasteiger charge is 2.04. The molecule has 0 aliphatic heterocycles. The van der Waals surface area contributed by atoms with Crippen molar-refractivity contribution < 1.29 is 9.47 Å². The van der Waals surface area contributed by atoms with Gasteiger partial charge in [0, 0.05) is 45.8 Å². The minimum absolute atomic E-state index is 0.184. The molecule has 0 spiro atoms. The smallest absolute Gasteiger partial charge is 0.202 e. The first-order valence-corrected chi connectivity index (χ1v) is 6.13. The maximum Gasteiger partial charge on any atom is 0.202 e. The highest BCUT2D eigenvalue weighted by Crippen LogP contribution is 2.06. The molecule has 0 bridgehead atoms. The summed E-state index contributed by atoms with van der Waals surface area (Å²) in [6.45, 7) is 7.29. The third-order valence-corrected chi connectivity index (χ3v) is 2.56. The van der Waals surface area contributed by atoms with E-state index in [1.165, 1.54) is 0 Å². The van der Waals surface area contributed by atoms with E-state index in [4.69, 9.17) is 9.47 Å². The second-order valence-electron chi connectivity index (χ2n) is 3.92. The Labute approximate surface area is 103 Å². The number of hydrogen-bond acceptors (Lipinski definition) is 4. The van der Waals surface area contributed by atoms with Crippen molar-refractivity contribution >= 4 is 5.95 Å². The lowest BCUT2D eigenvalue weighted by atomic mass is 10.4. The van der Waals surface area contributed by atoms with E-state index in [1.807, 2.05) is 20.0 Å². The fraction of sp³-hybridized carbons (Fsp3) is 0.750.